The maximum atomic E-state index is 14.3. The van der Waals surface area contributed by atoms with Crippen molar-refractivity contribution >= 4 is 12.1 Å². The first-order valence-corrected chi connectivity index (χ1v) is 10.6. The van der Waals surface area contributed by atoms with Crippen LogP contribution in [0.25, 0.3) is 0 Å². The maximum Gasteiger partial charge on any atom is 0.419 e. The van der Waals surface area contributed by atoms with Gasteiger partial charge in [0.15, 0.2) is 6.04 Å². The number of methoxy groups -OCH3 is 1. The number of amides is 1. The van der Waals surface area contributed by atoms with Crippen molar-refractivity contribution in [3.05, 3.63) is 64.5 Å². The Bertz CT molecular complexity index is 1050. The van der Waals surface area contributed by atoms with E-state index in [9.17, 15) is 27.2 Å². The van der Waals surface area contributed by atoms with Gasteiger partial charge in [-0.15, -0.1) is 0 Å². The fourth-order valence-corrected chi connectivity index (χ4v) is 3.65. The van der Waals surface area contributed by atoms with Crippen LogP contribution in [0.15, 0.2) is 36.4 Å². The molecule has 0 aliphatic carbocycles. The number of fused-ring (bicyclic) bond motifs is 1. The van der Waals surface area contributed by atoms with Crippen molar-refractivity contribution < 1.29 is 41.4 Å². The maximum absolute atomic E-state index is 14.3. The van der Waals surface area contributed by atoms with Gasteiger partial charge in [0.1, 0.15) is 18.2 Å². The highest BCUT2D eigenvalue weighted by atomic mass is 19.4. The van der Waals surface area contributed by atoms with Gasteiger partial charge in [0.25, 0.3) is 0 Å². The van der Waals surface area contributed by atoms with Gasteiger partial charge >= 0.3 is 18.2 Å². The van der Waals surface area contributed by atoms with E-state index in [1.807, 2.05) is 13.8 Å². The Labute approximate surface area is 194 Å². The molecule has 184 valence electrons. The average Bonchev–Trinajstić information content (AvgIpc) is 2.79. The molecule has 1 aliphatic heterocycles. The van der Waals surface area contributed by atoms with Crippen LogP contribution in [0.4, 0.5) is 22.4 Å². The number of benzene rings is 2. The van der Waals surface area contributed by atoms with E-state index in [1.165, 1.54) is 24.1 Å². The molecule has 1 heterocycles. The lowest BCUT2D eigenvalue weighted by molar-refractivity contribution is -0.147. The summed E-state index contributed by atoms with van der Waals surface area (Å²) < 4.78 is 68.8. The van der Waals surface area contributed by atoms with Crippen LogP contribution in [0.2, 0.25) is 0 Å². The Hall–Kier alpha value is -3.30. The first-order chi connectivity index (χ1) is 16.0. The lowest BCUT2D eigenvalue weighted by atomic mass is 9.92. The van der Waals surface area contributed by atoms with Gasteiger partial charge in [-0.1, -0.05) is 32.0 Å². The van der Waals surface area contributed by atoms with Crippen LogP contribution < -0.4 is 4.74 Å². The fraction of sp³-hybridized carbons (Fsp3) is 0.417. The first-order valence-electron chi connectivity index (χ1n) is 10.6. The van der Waals surface area contributed by atoms with Gasteiger partial charge < -0.3 is 14.2 Å². The van der Waals surface area contributed by atoms with Gasteiger partial charge in [0, 0.05) is 12.1 Å². The van der Waals surface area contributed by atoms with Crippen LogP contribution in [0, 0.1) is 11.7 Å². The lowest BCUT2D eigenvalue weighted by Crippen LogP contribution is -2.44. The largest absolute Gasteiger partial charge is 0.489 e. The predicted molar refractivity (Wildman–Crippen MR) is 114 cm³/mol. The molecule has 0 saturated carbocycles. The molecular formula is C24H25F4NO5. The number of carbonyl (C=O) groups excluding carboxylic acids is 2. The van der Waals surface area contributed by atoms with Crippen molar-refractivity contribution in [2.75, 3.05) is 20.3 Å². The summed E-state index contributed by atoms with van der Waals surface area (Å²) >= 11 is 0. The number of alkyl halides is 3. The molecule has 2 aromatic carbocycles. The topological polar surface area (TPSA) is 65.1 Å². The smallest absolute Gasteiger partial charge is 0.419 e. The van der Waals surface area contributed by atoms with Crippen LogP contribution in [0.5, 0.6) is 5.75 Å². The predicted octanol–water partition coefficient (Wildman–Crippen LogP) is 5.29. The Balaban J connectivity index is 1.80. The molecule has 34 heavy (non-hydrogen) atoms. The van der Waals surface area contributed by atoms with E-state index in [1.54, 1.807) is 12.1 Å². The number of hydrogen-bond acceptors (Lipinski definition) is 5. The number of carbonyl (C=O) groups is 2. The second kappa shape index (κ2) is 10.3. The van der Waals surface area contributed by atoms with Crippen molar-refractivity contribution in [2.24, 2.45) is 5.92 Å². The molecule has 0 bridgehead atoms. The molecule has 1 aliphatic rings. The summed E-state index contributed by atoms with van der Waals surface area (Å²) in [5.41, 5.74) is -0.369. The lowest BCUT2D eigenvalue weighted by Gasteiger charge is -2.35. The number of esters is 1. The molecule has 6 nitrogen and oxygen atoms in total. The number of hydrogen-bond donors (Lipinski definition) is 0. The highest BCUT2D eigenvalue weighted by Crippen LogP contribution is 2.35. The van der Waals surface area contributed by atoms with Gasteiger partial charge in [0.2, 0.25) is 0 Å². The summed E-state index contributed by atoms with van der Waals surface area (Å²) in [5, 5.41) is 0. The number of ether oxygens (including phenoxy) is 3. The van der Waals surface area contributed by atoms with E-state index in [-0.39, 0.29) is 30.4 Å². The summed E-state index contributed by atoms with van der Waals surface area (Å²) in [5.74, 6) is -1.61. The molecule has 0 saturated heterocycles. The standard InChI is InChI=1S/C24H25F4NO5/c1-14(2)12-34-23(31)29-10-9-15-11-17(7-8-18(15)21(29)22(30)32-3)33-13-16-5-4-6-19(20(16)25)24(26,27)28/h4-8,11,14,21H,9-10,12-13H2,1-3H3. The second-order valence-electron chi connectivity index (χ2n) is 8.27. The van der Waals surface area contributed by atoms with Crippen molar-refractivity contribution in [2.45, 2.75) is 39.1 Å². The summed E-state index contributed by atoms with van der Waals surface area (Å²) in [6.45, 7) is 3.76. The average molecular weight is 483 g/mol. The molecule has 1 unspecified atom stereocenters. The Morgan fingerprint density at radius 1 is 1.18 bits per heavy atom. The zero-order valence-electron chi connectivity index (χ0n) is 18.9. The van der Waals surface area contributed by atoms with Crippen molar-refractivity contribution in [3.8, 4) is 5.75 Å². The minimum absolute atomic E-state index is 0.124. The van der Waals surface area contributed by atoms with Crippen LogP contribution in [0.1, 0.15) is 42.1 Å². The first kappa shape index (κ1) is 25.3. The van der Waals surface area contributed by atoms with Crippen LogP contribution in [-0.2, 0) is 33.5 Å². The Morgan fingerprint density at radius 3 is 2.56 bits per heavy atom. The number of rotatable bonds is 6. The van der Waals surface area contributed by atoms with Gasteiger partial charge in [-0.3, -0.25) is 4.90 Å². The normalized spacial score (nSPS) is 15.6. The molecule has 1 amide bonds. The summed E-state index contributed by atoms with van der Waals surface area (Å²) in [6.07, 6.45) is -5.05. The monoisotopic (exact) mass is 483 g/mol. The third-order valence-electron chi connectivity index (χ3n) is 5.32. The highest BCUT2D eigenvalue weighted by Gasteiger charge is 2.38. The van der Waals surface area contributed by atoms with Crippen molar-refractivity contribution in [1.29, 1.82) is 0 Å². The summed E-state index contributed by atoms with van der Waals surface area (Å²) in [6, 6.07) is 6.70. The zero-order valence-corrected chi connectivity index (χ0v) is 18.9. The van der Waals surface area contributed by atoms with Crippen LogP contribution in [0.3, 0.4) is 0 Å². The molecule has 2 aromatic rings. The quantitative estimate of drug-likeness (QED) is 0.413. The molecule has 1 atom stereocenters. The number of halogens is 4. The van der Waals surface area contributed by atoms with Crippen molar-refractivity contribution in [1.82, 2.24) is 4.90 Å². The van der Waals surface area contributed by atoms with E-state index in [0.29, 0.717) is 23.6 Å². The SMILES string of the molecule is COC(=O)C1c2ccc(OCc3cccc(C(F)(F)F)c3F)cc2CCN1C(=O)OCC(C)C. The molecular weight excluding hydrogens is 458 g/mol. The minimum Gasteiger partial charge on any atom is -0.489 e. The van der Waals surface area contributed by atoms with Gasteiger partial charge in [-0.25, -0.2) is 14.0 Å². The molecule has 0 spiro atoms. The molecule has 0 fully saturated rings. The van der Waals surface area contributed by atoms with Gasteiger partial charge in [-0.05, 0) is 41.7 Å². The van der Waals surface area contributed by atoms with E-state index < -0.39 is 42.3 Å². The van der Waals surface area contributed by atoms with E-state index in [4.69, 9.17) is 14.2 Å². The van der Waals surface area contributed by atoms with E-state index >= 15 is 0 Å². The molecule has 3 rings (SSSR count). The Kier molecular flexibility index (Phi) is 7.68. The van der Waals surface area contributed by atoms with E-state index in [0.717, 1.165) is 6.07 Å². The second-order valence-corrected chi connectivity index (χ2v) is 8.27. The third kappa shape index (κ3) is 5.60. The fourth-order valence-electron chi connectivity index (χ4n) is 3.65. The van der Waals surface area contributed by atoms with Gasteiger partial charge in [0.05, 0.1) is 19.3 Å². The van der Waals surface area contributed by atoms with Crippen LogP contribution in [-0.4, -0.2) is 37.2 Å². The third-order valence-corrected chi connectivity index (χ3v) is 5.32. The molecule has 0 N–H and O–H groups in total. The van der Waals surface area contributed by atoms with Gasteiger partial charge in [-0.2, -0.15) is 13.2 Å². The minimum atomic E-state index is -4.81. The van der Waals surface area contributed by atoms with Crippen molar-refractivity contribution in [3.63, 3.8) is 0 Å². The Morgan fingerprint density at radius 2 is 1.91 bits per heavy atom. The summed E-state index contributed by atoms with van der Waals surface area (Å²) in [7, 11) is 1.22. The molecule has 10 heteroatoms. The summed E-state index contributed by atoms with van der Waals surface area (Å²) in [4.78, 5) is 26.3. The molecule has 0 radical (unpaired) electrons. The van der Waals surface area contributed by atoms with Crippen LogP contribution >= 0.6 is 0 Å². The van der Waals surface area contributed by atoms with E-state index in [2.05, 4.69) is 0 Å². The zero-order chi connectivity index (χ0) is 25.0. The highest BCUT2D eigenvalue weighted by molar-refractivity contribution is 5.84. The number of nitrogens with zero attached hydrogens (tertiary/aromatic N) is 1. The molecule has 0 aromatic heterocycles.